The molecule has 1 aliphatic carbocycles. The molecule has 1 amide bonds. The van der Waals surface area contributed by atoms with Gasteiger partial charge in [0.1, 0.15) is 5.69 Å². The predicted octanol–water partition coefficient (Wildman–Crippen LogP) is 7.53. The molecule has 1 fully saturated rings. The van der Waals surface area contributed by atoms with Crippen LogP contribution < -0.4 is 5.32 Å². The Morgan fingerprint density at radius 2 is 1.58 bits per heavy atom. The van der Waals surface area contributed by atoms with Crippen molar-refractivity contribution in [3.63, 3.8) is 0 Å². The van der Waals surface area contributed by atoms with Gasteiger partial charge in [-0.15, -0.1) is 0 Å². The summed E-state index contributed by atoms with van der Waals surface area (Å²) in [5.74, 6) is -0.109. The van der Waals surface area contributed by atoms with E-state index in [0.717, 1.165) is 52.5 Å². The van der Waals surface area contributed by atoms with Crippen molar-refractivity contribution in [3.05, 3.63) is 75.9 Å². The van der Waals surface area contributed by atoms with Gasteiger partial charge in [-0.2, -0.15) is 0 Å². The van der Waals surface area contributed by atoms with E-state index >= 15 is 0 Å². The molecule has 0 atom stereocenters. The van der Waals surface area contributed by atoms with Crippen molar-refractivity contribution >= 4 is 33.4 Å². The van der Waals surface area contributed by atoms with Crippen LogP contribution in [-0.2, 0) is 0 Å². The van der Waals surface area contributed by atoms with Crippen LogP contribution in [0, 0.1) is 5.41 Å². The summed E-state index contributed by atoms with van der Waals surface area (Å²) in [7, 11) is 0. The summed E-state index contributed by atoms with van der Waals surface area (Å²) < 4.78 is 1.02. The normalized spacial score (nSPS) is 16.1. The highest BCUT2D eigenvalue weighted by Crippen LogP contribution is 2.35. The first-order chi connectivity index (χ1) is 14.8. The van der Waals surface area contributed by atoms with Crippen LogP contribution >= 0.6 is 27.5 Å². The highest BCUT2D eigenvalue weighted by molar-refractivity contribution is 9.10. The van der Waals surface area contributed by atoms with Crippen LogP contribution in [0.25, 0.3) is 22.4 Å². The van der Waals surface area contributed by atoms with Gasteiger partial charge in [0.05, 0.1) is 5.69 Å². The number of hydrogen-bond donors (Lipinski definition) is 1. The van der Waals surface area contributed by atoms with Gasteiger partial charge < -0.3 is 5.32 Å². The van der Waals surface area contributed by atoms with Gasteiger partial charge in [-0.05, 0) is 73.1 Å². The summed E-state index contributed by atoms with van der Waals surface area (Å²) in [5.41, 5.74) is 4.53. The number of nitrogens with zero attached hydrogens (tertiary/aromatic N) is 1. The lowest BCUT2D eigenvalue weighted by molar-refractivity contribution is 0.0904. The Balaban J connectivity index is 1.65. The smallest absolute Gasteiger partial charge is 0.270 e. The minimum absolute atomic E-state index is 0.109. The lowest BCUT2D eigenvalue weighted by Gasteiger charge is -2.34. The molecule has 0 spiro atoms. The van der Waals surface area contributed by atoms with E-state index in [-0.39, 0.29) is 11.9 Å². The minimum Gasteiger partial charge on any atom is -0.348 e. The molecule has 3 aromatic rings. The molecule has 1 aromatic heterocycles. The van der Waals surface area contributed by atoms with Crippen molar-refractivity contribution in [2.45, 2.75) is 45.6 Å². The molecule has 1 heterocycles. The van der Waals surface area contributed by atoms with Gasteiger partial charge in [0, 0.05) is 26.7 Å². The van der Waals surface area contributed by atoms with Crippen molar-refractivity contribution in [2.24, 2.45) is 5.41 Å². The van der Waals surface area contributed by atoms with Gasteiger partial charge in [-0.3, -0.25) is 4.79 Å². The molecule has 1 saturated carbocycles. The van der Waals surface area contributed by atoms with Crippen LogP contribution in [0.4, 0.5) is 0 Å². The summed E-state index contributed by atoms with van der Waals surface area (Å²) >= 11 is 9.58. The van der Waals surface area contributed by atoms with Crippen molar-refractivity contribution in [3.8, 4) is 22.4 Å². The average molecular weight is 498 g/mol. The molecule has 0 unspecified atom stereocenters. The third kappa shape index (κ3) is 5.36. The second-order valence-electron chi connectivity index (χ2n) is 9.02. The maximum atomic E-state index is 13.0. The van der Waals surface area contributed by atoms with Crippen LogP contribution in [0.2, 0.25) is 5.02 Å². The van der Waals surface area contributed by atoms with Gasteiger partial charge in [0.15, 0.2) is 0 Å². The van der Waals surface area contributed by atoms with Crippen LogP contribution in [0.3, 0.4) is 0 Å². The predicted molar refractivity (Wildman–Crippen MR) is 131 cm³/mol. The highest BCUT2D eigenvalue weighted by Gasteiger charge is 2.28. The maximum Gasteiger partial charge on any atom is 0.270 e. The first kappa shape index (κ1) is 22.0. The van der Waals surface area contributed by atoms with Crippen LogP contribution in [0.5, 0.6) is 0 Å². The Labute approximate surface area is 197 Å². The molecule has 1 N–H and O–H groups in total. The number of benzene rings is 2. The number of hydrogen-bond acceptors (Lipinski definition) is 2. The molecular weight excluding hydrogens is 472 g/mol. The van der Waals surface area contributed by atoms with E-state index in [1.54, 1.807) is 0 Å². The van der Waals surface area contributed by atoms with E-state index in [1.165, 1.54) is 0 Å². The monoisotopic (exact) mass is 496 g/mol. The van der Waals surface area contributed by atoms with Crippen LogP contribution in [0.15, 0.2) is 65.1 Å². The van der Waals surface area contributed by atoms with Gasteiger partial charge in [-0.25, -0.2) is 4.98 Å². The molecule has 0 bridgehead atoms. The van der Waals surface area contributed by atoms with E-state index in [1.807, 2.05) is 60.7 Å². The zero-order valence-electron chi connectivity index (χ0n) is 17.8. The van der Waals surface area contributed by atoms with E-state index < -0.39 is 0 Å². The molecular formula is C26H26BrClN2O. The average Bonchev–Trinajstić information content (AvgIpc) is 2.76. The van der Waals surface area contributed by atoms with Gasteiger partial charge in [0.25, 0.3) is 5.91 Å². The quantitative estimate of drug-likeness (QED) is 0.405. The Morgan fingerprint density at radius 1 is 0.968 bits per heavy atom. The fourth-order valence-corrected chi connectivity index (χ4v) is 4.47. The van der Waals surface area contributed by atoms with Crippen molar-refractivity contribution in [1.82, 2.24) is 10.3 Å². The summed E-state index contributed by atoms with van der Waals surface area (Å²) in [6, 6.07) is 19.7. The Bertz CT molecular complexity index is 1070. The first-order valence-corrected chi connectivity index (χ1v) is 11.8. The number of carbonyl (C=O) groups is 1. The molecule has 160 valence electrons. The maximum absolute atomic E-state index is 13.0. The standard InChI is InChI=1S/C26H26BrClN2O/c1-26(2)15-13-21(14-16-26)29-25(31)23-12-11-22(17-3-7-19(27)8-4-17)24(30-23)18-5-9-20(28)10-6-18/h3-12,21H,13-16H2,1-2H3,(H,29,31). The molecule has 0 aliphatic heterocycles. The van der Waals surface area contributed by atoms with Crippen molar-refractivity contribution in [2.75, 3.05) is 0 Å². The molecule has 2 aromatic carbocycles. The van der Waals surface area contributed by atoms with Crippen LogP contribution in [0.1, 0.15) is 50.0 Å². The van der Waals surface area contributed by atoms with E-state index in [2.05, 4.69) is 35.1 Å². The highest BCUT2D eigenvalue weighted by atomic mass is 79.9. The summed E-state index contributed by atoms with van der Waals surface area (Å²) in [5, 5.41) is 3.87. The first-order valence-electron chi connectivity index (χ1n) is 10.6. The van der Waals surface area contributed by atoms with Crippen molar-refractivity contribution in [1.29, 1.82) is 0 Å². The van der Waals surface area contributed by atoms with Gasteiger partial charge in [0.2, 0.25) is 0 Å². The second kappa shape index (κ2) is 9.13. The largest absolute Gasteiger partial charge is 0.348 e. The molecule has 4 rings (SSSR count). The number of amides is 1. The zero-order chi connectivity index (χ0) is 22.0. The van der Waals surface area contributed by atoms with E-state index in [4.69, 9.17) is 16.6 Å². The second-order valence-corrected chi connectivity index (χ2v) is 10.4. The molecule has 5 heteroatoms. The number of carbonyl (C=O) groups excluding carboxylic acids is 1. The molecule has 31 heavy (non-hydrogen) atoms. The number of pyridine rings is 1. The molecule has 1 aliphatic rings. The molecule has 0 radical (unpaired) electrons. The van der Waals surface area contributed by atoms with Gasteiger partial charge in [-0.1, -0.05) is 65.6 Å². The summed E-state index contributed by atoms with van der Waals surface area (Å²) in [6.45, 7) is 4.59. The minimum atomic E-state index is -0.109. The lowest BCUT2D eigenvalue weighted by atomic mass is 9.75. The van der Waals surface area contributed by atoms with Crippen LogP contribution in [-0.4, -0.2) is 16.9 Å². The molecule has 0 saturated heterocycles. The third-order valence-electron chi connectivity index (χ3n) is 6.08. The zero-order valence-corrected chi connectivity index (χ0v) is 20.1. The number of nitrogens with one attached hydrogen (secondary N) is 1. The van der Waals surface area contributed by atoms with E-state index in [0.29, 0.717) is 16.1 Å². The fraction of sp³-hybridized carbons (Fsp3) is 0.308. The SMILES string of the molecule is CC1(C)CCC(NC(=O)c2ccc(-c3ccc(Br)cc3)c(-c3ccc(Cl)cc3)n2)CC1. The third-order valence-corrected chi connectivity index (χ3v) is 6.86. The Morgan fingerprint density at radius 3 is 2.23 bits per heavy atom. The number of rotatable bonds is 4. The summed E-state index contributed by atoms with van der Waals surface area (Å²) in [6.07, 6.45) is 4.29. The lowest BCUT2D eigenvalue weighted by Crippen LogP contribution is -2.39. The number of halogens is 2. The Kier molecular flexibility index (Phi) is 6.49. The van der Waals surface area contributed by atoms with Gasteiger partial charge >= 0.3 is 0 Å². The summed E-state index contributed by atoms with van der Waals surface area (Å²) in [4.78, 5) is 17.8. The Hall–Kier alpha value is -2.17. The van der Waals surface area contributed by atoms with Crippen molar-refractivity contribution < 1.29 is 4.79 Å². The topological polar surface area (TPSA) is 42.0 Å². The molecule has 3 nitrogen and oxygen atoms in total. The van der Waals surface area contributed by atoms with E-state index in [9.17, 15) is 4.79 Å². The number of aromatic nitrogens is 1. The fourth-order valence-electron chi connectivity index (χ4n) is 4.08.